The largest absolute Gasteiger partial charge is 0.385 e. The lowest BCUT2D eigenvalue weighted by Crippen LogP contribution is -2.62. The molecule has 0 bridgehead atoms. The van der Waals surface area contributed by atoms with Crippen LogP contribution in [0.15, 0.2) is 6.07 Å². The van der Waals surface area contributed by atoms with Gasteiger partial charge in [-0.25, -0.2) is 9.97 Å². The zero-order chi connectivity index (χ0) is 15.7. The number of ether oxygens (including phenoxy) is 1. The molecule has 0 amide bonds. The van der Waals surface area contributed by atoms with E-state index in [9.17, 15) is 5.11 Å². The lowest BCUT2D eigenvalue weighted by Gasteiger charge is -2.46. The Labute approximate surface area is 125 Å². The molecule has 0 spiro atoms. The molecule has 0 unspecified atom stereocenters. The third kappa shape index (κ3) is 3.49. The summed E-state index contributed by atoms with van der Waals surface area (Å²) in [6, 6.07) is 3.90. The van der Waals surface area contributed by atoms with Crippen molar-refractivity contribution < 1.29 is 9.84 Å². The van der Waals surface area contributed by atoms with Crippen molar-refractivity contribution in [3.63, 3.8) is 0 Å². The highest BCUT2D eigenvalue weighted by molar-refractivity contribution is 5.45. The monoisotopic (exact) mass is 290 g/mol. The maximum atomic E-state index is 10.1. The minimum Gasteiger partial charge on any atom is -0.385 e. The summed E-state index contributed by atoms with van der Waals surface area (Å²) in [5.41, 5.74) is -0.252. The van der Waals surface area contributed by atoms with Crippen molar-refractivity contribution in [3.05, 3.63) is 17.6 Å². The number of hydrogen-bond donors (Lipinski definition) is 1. The molecule has 1 saturated heterocycles. The SMILES string of the molecule is COCc1cc(N2CC(O)(CC#N)C2)nc(C(C)(C)C)n1. The Balaban J connectivity index is 2.24. The van der Waals surface area contributed by atoms with E-state index in [-0.39, 0.29) is 11.8 Å². The summed E-state index contributed by atoms with van der Waals surface area (Å²) in [6.07, 6.45) is 0.144. The fraction of sp³-hybridized carbons (Fsp3) is 0.667. The predicted octanol–water partition coefficient (Wildman–Crippen LogP) is 1.39. The molecular weight excluding hydrogens is 268 g/mol. The predicted molar refractivity (Wildman–Crippen MR) is 78.8 cm³/mol. The van der Waals surface area contributed by atoms with Crippen molar-refractivity contribution in [3.8, 4) is 6.07 Å². The first-order valence-corrected chi connectivity index (χ1v) is 6.99. The summed E-state index contributed by atoms with van der Waals surface area (Å²) in [5, 5.41) is 18.8. The Morgan fingerprint density at radius 3 is 2.62 bits per heavy atom. The Morgan fingerprint density at radius 2 is 2.10 bits per heavy atom. The van der Waals surface area contributed by atoms with Crippen molar-refractivity contribution >= 4 is 5.82 Å². The van der Waals surface area contributed by atoms with E-state index >= 15 is 0 Å². The van der Waals surface area contributed by atoms with Gasteiger partial charge in [0.25, 0.3) is 0 Å². The fourth-order valence-corrected chi connectivity index (χ4v) is 2.29. The molecular formula is C15H22N4O2. The van der Waals surface area contributed by atoms with Gasteiger partial charge < -0.3 is 14.7 Å². The van der Waals surface area contributed by atoms with Crippen LogP contribution in [0.1, 0.15) is 38.7 Å². The molecule has 2 rings (SSSR count). The summed E-state index contributed by atoms with van der Waals surface area (Å²) >= 11 is 0. The maximum Gasteiger partial charge on any atom is 0.136 e. The molecule has 6 nitrogen and oxygen atoms in total. The second-order valence-electron chi connectivity index (χ2n) is 6.64. The van der Waals surface area contributed by atoms with Crippen LogP contribution in [0.25, 0.3) is 0 Å². The molecule has 0 atom stereocenters. The van der Waals surface area contributed by atoms with Crippen molar-refractivity contribution in [2.45, 2.75) is 44.8 Å². The van der Waals surface area contributed by atoms with Gasteiger partial charge in [-0.1, -0.05) is 20.8 Å². The number of methoxy groups -OCH3 is 1. The highest BCUT2D eigenvalue weighted by Gasteiger charge is 2.42. The third-order valence-corrected chi connectivity index (χ3v) is 3.43. The molecule has 0 aliphatic carbocycles. The van der Waals surface area contributed by atoms with Crippen LogP contribution in [-0.2, 0) is 16.8 Å². The van der Waals surface area contributed by atoms with Gasteiger partial charge in [0.15, 0.2) is 0 Å². The number of nitriles is 1. The van der Waals surface area contributed by atoms with Crippen LogP contribution in [0.5, 0.6) is 0 Å². The Bertz CT molecular complexity index is 554. The van der Waals surface area contributed by atoms with Gasteiger partial charge in [0.2, 0.25) is 0 Å². The van der Waals surface area contributed by atoms with Crippen LogP contribution in [-0.4, -0.2) is 40.9 Å². The topological polar surface area (TPSA) is 82.3 Å². The van der Waals surface area contributed by atoms with Crippen molar-refractivity contribution in [2.75, 3.05) is 25.1 Å². The molecule has 21 heavy (non-hydrogen) atoms. The number of nitrogens with zero attached hydrogens (tertiary/aromatic N) is 4. The molecule has 0 saturated carbocycles. The fourth-order valence-electron chi connectivity index (χ4n) is 2.29. The molecule has 114 valence electrons. The zero-order valence-electron chi connectivity index (χ0n) is 13.1. The van der Waals surface area contributed by atoms with Crippen LogP contribution in [0, 0.1) is 11.3 Å². The number of rotatable bonds is 4. The average molecular weight is 290 g/mol. The molecule has 2 heterocycles. The van der Waals surface area contributed by atoms with Crippen molar-refractivity contribution in [2.24, 2.45) is 0 Å². The van der Waals surface area contributed by atoms with E-state index in [0.29, 0.717) is 19.7 Å². The Morgan fingerprint density at radius 1 is 1.43 bits per heavy atom. The highest BCUT2D eigenvalue weighted by atomic mass is 16.5. The van der Waals surface area contributed by atoms with Crippen LogP contribution in [0.4, 0.5) is 5.82 Å². The second kappa shape index (κ2) is 5.58. The first-order chi connectivity index (χ1) is 9.77. The molecule has 1 N–H and O–H groups in total. The van der Waals surface area contributed by atoms with Gasteiger partial charge in [-0.05, 0) is 0 Å². The van der Waals surface area contributed by atoms with Crippen LogP contribution >= 0.6 is 0 Å². The third-order valence-electron chi connectivity index (χ3n) is 3.43. The van der Waals surface area contributed by atoms with Gasteiger partial charge >= 0.3 is 0 Å². The summed E-state index contributed by atoms with van der Waals surface area (Å²) in [7, 11) is 1.63. The number of aromatic nitrogens is 2. The van der Waals surface area contributed by atoms with Gasteiger partial charge in [-0.15, -0.1) is 0 Å². The van der Waals surface area contributed by atoms with Gasteiger partial charge in [0.1, 0.15) is 17.2 Å². The minimum atomic E-state index is -0.914. The molecule has 6 heteroatoms. The van der Waals surface area contributed by atoms with E-state index in [2.05, 4.69) is 30.7 Å². The first-order valence-electron chi connectivity index (χ1n) is 6.99. The Kier molecular flexibility index (Phi) is 4.17. The van der Waals surface area contributed by atoms with Crippen LogP contribution in [0.3, 0.4) is 0 Å². The maximum absolute atomic E-state index is 10.1. The van der Waals surface area contributed by atoms with Gasteiger partial charge in [0, 0.05) is 18.6 Å². The van der Waals surface area contributed by atoms with E-state index in [1.54, 1.807) is 7.11 Å². The van der Waals surface area contributed by atoms with Crippen LogP contribution < -0.4 is 4.90 Å². The normalized spacial score (nSPS) is 17.2. The summed E-state index contributed by atoms with van der Waals surface area (Å²) in [6.45, 7) is 7.45. The first kappa shape index (κ1) is 15.7. The van der Waals surface area contributed by atoms with Gasteiger partial charge in [0.05, 0.1) is 37.9 Å². The molecule has 1 aliphatic heterocycles. The van der Waals surface area contributed by atoms with Crippen molar-refractivity contribution in [1.82, 2.24) is 9.97 Å². The van der Waals surface area contributed by atoms with E-state index < -0.39 is 5.60 Å². The average Bonchev–Trinajstić information content (AvgIpc) is 2.35. The summed E-state index contributed by atoms with van der Waals surface area (Å²) in [4.78, 5) is 11.1. The summed E-state index contributed by atoms with van der Waals surface area (Å²) in [5.74, 6) is 1.53. The number of β-amino-alcohol motifs (C(OH)–C–C–N with tert-alkyl or cyclic N) is 1. The molecule has 0 radical (unpaired) electrons. The van der Waals surface area contributed by atoms with E-state index in [1.807, 2.05) is 17.0 Å². The van der Waals surface area contributed by atoms with Crippen molar-refractivity contribution in [1.29, 1.82) is 5.26 Å². The molecule has 0 aromatic carbocycles. The smallest absolute Gasteiger partial charge is 0.136 e. The minimum absolute atomic E-state index is 0.144. The van der Waals surface area contributed by atoms with E-state index in [4.69, 9.17) is 10.00 Å². The van der Waals surface area contributed by atoms with Gasteiger partial charge in [-0.2, -0.15) is 5.26 Å². The lowest BCUT2D eigenvalue weighted by molar-refractivity contribution is 0.0161. The number of anilines is 1. The molecule has 1 aromatic rings. The molecule has 1 fully saturated rings. The number of hydrogen-bond acceptors (Lipinski definition) is 6. The van der Waals surface area contributed by atoms with Gasteiger partial charge in [-0.3, -0.25) is 0 Å². The zero-order valence-corrected chi connectivity index (χ0v) is 13.1. The molecule has 1 aliphatic rings. The second-order valence-corrected chi connectivity index (χ2v) is 6.64. The highest BCUT2D eigenvalue weighted by Crippen LogP contribution is 2.30. The summed E-state index contributed by atoms with van der Waals surface area (Å²) < 4.78 is 5.16. The standard InChI is InChI=1S/C15H22N4O2/c1-14(2,3)13-17-11(8-21-4)7-12(18-13)19-9-15(20,10-19)5-6-16/h7,20H,5,8-10H2,1-4H3. The quantitative estimate of drug-likeness (QED) is 0.902. The van der Waals surface area contributed by atoms with Crippen LogP contribution in [0.2, 0.25) is 0 Å². The number of aliphatic hydroxyl groups is 1. The molecule has 1 aromatic heterocycles. The van der Waals surface area contributed by atoms with E-state index in [1.165, 1.54) is 0 Å². The van der Waals surface area contributed by atoms with E-state index in [0.717, 1.165) is 17.3 Å². The lowest BCUT2D eigenvalue weighted by atomic mass is 9.91. The Hall–Kier alpha value is -1.71.